The summed E-state index contributed by atoms with van der Waals surface area (Å²) < 4.78 is 5.49. The summed E-state index contributed by atoms with van der Waals surface area (Å²) in [6, 6.07) is 14.0. The normalized spacial score (nSPS) is 30.2. The molecule has 104 valence electrons. The number of pyridine rings is 1. The molecule has 1 fully saturated rings. The summed E-state index contributed by atoms with van der Waals surface area (Å²) in [6.07, 6.45) is -2.19. The Kier molecular flexibility index (Phi) is 2.10. The molecule has 0 amide bonds. The van der Waals surface area contributed by atoms with Crippen molar-refractivity contribution in [2.45, 2.75) is 24.4 Å². The first-order valence-corrected chi connectivity index (χ1v) is 7.08. The third kappa shape index (κ3) is 1.47. The molecule has 21 heavy (non-hydrogen) atoms. The first-order chi connectivity index (χ1) is 10.2. The molecule has 1 saturated heterocycles. The number of aromatic nitrogens is 1. The Morgan fingerprint density at radius 3 is 2.76 bits per heavy atom. The van der Waals surface area contributed by atoms with Crippen molar-refractivity contribution < 1.29 is 14.9 Å². The number of epoxide rings is 1. The monoisotopic (exact) mass is 279 g/mol. The van der Waals surface area contributed by atoms with E-state index in [9.17, 15) is 10.2 Å². The van der Waals surface area contributed by atoms with Gasteiger partial charge in [-0.3, -0.25) is 0 Å². The van der Waals surface area contributed by atoms with Crippen LogP contribution in [-0.4, -0.2) is 27.4 Å². The minimum absolute atomic E-state index is 0.101. The van der Waals surface area contributed by atoms with Crippen LogP contribution in [0.3, 0.4) is 0 Å². The number of para-hydroxylation sites is 1. The highest BCUT2D eigenvalue weighted by Gasteiger charge is 2.54. The fraction of sp³-hybridized carbons (Fsp3) is 0.235. The Morgan fingerprint density at radius 2 is 1.86 bits per heavy atom. The molecule has 2 unspecified atom stereocenters. The standard InChI is InChI=1S/C17H13NO3/c19-14-12-10(16-17(21-16)15(14)20)6-5-9-7-8-3-1-2-4-11(8)18-13(9)12/h1-7,14-17,19-20H/t14?,15-,16?,17+/m0/s1. The van der Waals surface area contributed by atoms with Gasteiger partial charge in [0.25, 0.3) is 0 Å². The maximum absolute atomic E-state index is 10.4. The predicted octanol–water partition coefficient (Wildman–Crippen LogP) is 2.24. The van der Waals surface area contributed by atoms with Gasteiger partial charge in [-0.2, -0.15) is 0 Å². The van der Waals surface area contributed by atoms with Crippen molar-refractivity contribution in [3.63, 3.8) is 0 Å². The van der Waals surface area contributed by atoms with E-state index in [2.05, 4.69) is 6.07 Å². The number of hydrogen-bond donors (Lipinski definition) is 2. The number of hydrogen-bond acceptors (Lipinski definition) is 4. The lowest BCUT2D eigenvalue weighted by molar-refractivity contribution is 0.000736. The van der Waals surface area contributed by atoms with Crippen LogP contribution in [0.15, 0.2) is 42.5 Å². The quantitative estimate of drug-likeness (QED) is 0.489. The first-order valence-electron chi connectivity index (χ1n) is 7.08. The van der Waals surface area contributed by atoms with Gasteiger partial charge in [0.1, 0.15) is 24.4 Å². The predicted molar refractivity (Wildman–Crippen MR) is 77.8 cm³/mol. The molecule has 2 aliphatic rings. The fourth-order valence-corrected chi connectivity index (χ4v) is 3.42. The average Bonchev–Trinajstić information content (AvgIpc) is 3.30. The second kappa shape index (κ2) is 3.80. The molecule has 3 aromatic rings. The average molecular weight is 279 g/mol. The molecule has 4 heteroatoms. The Bertz CT molecular complexity index is 892. The molecule has 0 spiro atoms. The van der Waals surface area contributed by atoms with Crippen LogP contribution in [0.5, 0.6) is 0 Å². The summed E-state index contributed by atoms with van der Waals surface area (Å²) in [5.74, 6) is 0. The molecule has 1 aliphatic carbocycles. The molecule has 4 nitrogen and oxygen atoms in total. The first kappa shape index (κ1) is 11.6. The van der Waals surface area contributed by atoms with Crippen LogP contribution in [-0.2, 0) is 4.74 Å². The molecule has 1 aliphatic heterocycles. The minimum atomic E-state index is -0.943. The molecular formula is C17H13NO3. The van der Waals surface area contributed by atoms with Crippen LogP contribution < -0.4 is 0 Å². The summed E-state index contributed by atoms with van der Waals surface area (Å²) >= 11 is 0. The topological polar surface area (TPSA) is 65.9 Å². The highest BCUT2D eigenvalue weighted by atomic mass is 16.6. The highest BCUT2D eigenvalue weighted by molar-refractivity contribution is 5.95. The zero-order valence-corrected chi connectivity index (χ0v) is 11.1. The lowest BCUT2D eigenvalue weighted by Gasteiger charge is -2.24. The van der Waals surface area contributed by atoms with E-state index in [1.807, 2.05) is 36.4 Å². The summed E-state index contributed by atoms with van der Waals surface area (Å²) in [5.41, 5.74) is 3.31. The largest absolute Gasteiger partial charge is 0.387 e. The number of rotatable bonds is 0. The van der Waals surface area contributed by atoms with Gasteiger partial charge in [0.15, 0.2) is 0 Å². The van der Waals surface area contributed by atoms with Gasteiger partial charge in [-0.25, -0.2) is 4.98 Å². The molecule has 4 atom stereocenters. The molecule has 1 aromatic heterocycles. The van der Waals surface area contributed by atoms with Crippen LogP contribution in [0.1, 0.15) is 23.3 Å². The smallest absolute Gasteiger partial charge is 0.118 e. The van der Waals surface area contributed by atoms with Gasteiger partial charge in [-0.1, -0.05) is 30.3 Å². The van der Waals surface area contributed by atoms with Crippen molar-refractivity contribution in [3.8, 4) is 0 Å². The lowest BCUT2D eigenvalue weighted by atomic mass is 9.85. The molecule has 2 aromatic carbocycles. The van der Waals surface area contributed by atoms with Gasteiger partial charge in [0.2, 0.25) is 0 Å². The number of aliphatic hydroxyl groups excluding tert-OH is 2. The number of nitrogens with zero attached hydrogens (tertiary/aromatic N) is 1. The summed E-state index contributed by atoms with van der Waals surface area (Å²) in [7, 11) is 0. The summed E-state index contributed by atoms with van der Waals surface area (Å²) in [6.45, 7) is 0. The SMILES string of the molecule is OC1c2c(ccc3cc4ccccc4nc23)C2O[C@@H]2[C@H]1O. The van der Waals surface area contributed by atoms with Crippen molar-refractivity contribution in [1.82, 2.24) is 4.98 Å². The molecular weight excluding hydrogens is 266 g/mol. The van der Waals surface area contributed by atoms with Gasteiger partial charge in [-0.05, 0) is 17.7 Å². The Hall–Kier alpha value is -2.01. The van der Waals surface area contributed by atoms with Crippen LogP contribution in [0.25, 0.3) is 21.8 Å². The lowest BCUT2D eigenvalue weighted by Crippen LogP contribution is -2.29. The van der Waals surface area contributed by atoms with E-state index in [4.69, 9.17) is 9.72 Å². The van der Waals surface area contributed by atoms with E-state index in [0.717, 1.165) is 27.4 Å². The van der Waals surface area contributed by atoms with E-state index in [0.29, 0.717) is 5.56 Å². The van der Waals surface area contributed by atoms with Gasteiger partial charge < -0.3 is 14.9 Å². The Labute approximate surface area is 120 Å². The van der Waals surface area contributed by atoms with Gasteiger partial charge in [0, 0.05) is 16.3 Å². The third-order valence-corrected chi connectivity index (χ3v) is 4.55. The van der Waals surface area contributed by atoms with Crippen LogP contribution >= 0.6 is 0 Å². The highest BCUT2D eigenvalue weighted by Crippen LogP contribution is 2.52. The van der Waals surface area contributed by atoms with Crippen LogP contribution in [0.2, 0.25) is 0 Å². The minimum Gasteiger partial charge on any atom is -0.387 e. The van der Waals surface area contributed by atoms with Crippen molar-refractivity contribution in [2.24, 2.45) is 0 Å². The Morgan fingerprint density at radius 1 is 1.00 bits per heavy atom. The van der Waals surface area contributed by atoms with E-state index in [-0.39, 0.29) is 12.2 Å². The van der Waals surface area contributed by atoms with Crippen molar-refractivity contribution in [2.75, 3.05) is 0 Å². The molecule has 0 saturated carbocycles. The number of ether oxygens (including phenoxy) is 1. The van der Waals surface area contributed by atoms with Gasteiger partial charge in [-0.15, -0.1) is 0 Å². The molecule has 2 heterocycles. The molecule has 0 radical (unpaired) electrons. The van der Waals surface area contributed by atoms with E-state index >= 15 is 0 Å². The molecule has 0 bridgehead atoms. The second-order valence-electron chi connectivity index (χ2n) is 5.78. The third-order valence-electron chi connectivity index (χ3n) is 4.55. The van der Waals surface area contributed by atoms with Crippen LogP contribution in [0, 0.1) is 0 Å². The van der Waals surface area contributed by atoms with Gasteiger partial charge in [0.05, 0.1) is 11.0 Å². The van der Waals surface area contributed by atoms with Crippen molar-refractivity contribution in [3.05, 3.63) is 53.6 Å². The summed E-state index contributed by atoms with van der Waals surface area (Å²) in [4.78, 5) is 4.70. The second-order valence-corrected chi connectivity index (χ2v) is 5.78. The van der Waals surface area contributed by atoms with E-state index < -0.39 is 12.2 Å². The Balaban J connectivity index is 1.88. The van der Waals surface area contributed by atoms with Crippen molar-refractivity contribution >= 4 is 21.8 Å². The van der Waals surface area contributed by atoms with Crippen LogP contribution in [0.4, 0.5) is 0 Å². The maximum atomic E-state index is 10.4. The molecule has 2 N–H and O–H groups in total. The zero-order chi connectivity index (χ0) is 14.1. The zero-order valence-electron chi connectivity index (χ0n) is 11.1. The summed E-state index contributed by atoms with van der Waals surface area (Å²) in [5, 5.41) is 22.6. The number of aliphatic hydroxyl groups is 2. The van der Waals surface area contributed by atoms with Gasteiger partial charge >= 0.3 is 0 Å². The number of fused-ring (bicyclic) bond motifs is 6. The van der Waals surface area contributed by atoms with E-state index in [1.165, 1.54) is 0 Å². The number of benzene rings is 2. The molecule has 5 rings (SSSR count). The fourth-order valence-electron chi connectivity index (χ4n) is 3.42. The van der Waals surface area contributed by atoms with Crippen molar-refractivity contribution in [1.29, 1.82) is 0 Å². The maximum Gasteiger partial charge on any atom is 0.118 e. The van der Waals surface area contributed by atoms with E-state index in [1.54, 1.807) is 0 Å².